The van der Waals surface area contributed by atoms with Crippen LogP contribution in [0.3, 0.4) is 0 Å². The van der Waals surface area contributed by atoms with Crippen molar-refractivity contribution in [3.8, 4) is 17.0 Å². The van der Waals surface area contributed by atoms with E-state index in [4.69, 9.17) is 14.6 Å². The Labute approximate surface area is 226 Å². The smallest absolute Gasteiger partial charge is 0.300 e. The zero-order chi connectivity index (χ0) is 27.8. The Kier molecular flexibility index (Phi) is 10.1. The fraction of sp³-hybridized carbons (Fsp3) is 0.310. The van der Waals surface area contributed by atoms with E-state index in [2.05, 4.69) is 108 Å². The van der Waals surface area contributed by atoms with Gasteiger partial charge in [0.15, 0.2) is 0 Å². The normalized spacial score (nSPS) is 10.9. The van der Waals surface area contributed by atoms with Crippen molar-refractivity contribution in [3.63, 3.8) is 0 Å². The van der Waals surface area contributed by atoms with Gasteiger partial charge in [0.05, 0.1) is 18.5 Å². The third-order valence-electron chi connectivity index (χ3n) is 5.99. The van der Waals surface area contributed by atoms with Crippen LogP contribution in [-0.4, -0.2) is 80.6 Å². The molecule has 0 atom stereocenters. The minimum Gasteiger partial charge on any atom is -0.496 e. The average molecular weight is 536 g/mol. The van der Waals surface area contributed by atoms with E-state index in [1.54, 1.807) is 7.11 Å². The lowest BCUT2D eigenvalue weighted by atomic mass is 10.1. The van der Waals surface area contributed by atoms with Crippen molar-refractivity contribution in [2.75, 3.05) is 64.9 Å². The first-order valence-electron chi connectivity index (χ1n) is 12.4. The quantitative estimate of drug-likeness (QED) is 0.246. The Morgan fingerprint density at radius 2 is 1.76 bits per heavy atom. The SMILES string of the molecule is CC(=O)O.COc1cc(N(C)CCN(C)C)ccc1-c1cc2c(Nc3ccccc3P(C)C)ccnc2[nH]1. The Balaban J connectivity index is 0.000000934. The molecule has 2 heterocycles. The summed E-state index contributed by atoms with van der Waals surface area (Å²) in [7, 11) is 7.80. The fourth-order valence-corrected chi connectivity index (χ4v) is 5.01. The van der Waals surface area contributed by atoms with Gasteiger partial charge in [-0.25, -0.2) is 4.98 Å². The van der Waals surface area contributed by atoms with Crippen LogP contribution in [0.1, 0.15) is 6.92 Å². The highest BCUT2D eigenvalue weighted by atomic mass is 31.1. The number of nitrogens with zero attached hydrogens (tertiary/aromatic N) is 3. The minimum absolute atomic E-state index is 0.218. The number of aromatic amines is 1. The maximum atomic E-state index is 9.00. The van der Waals surface area contributed by atoms with Gasteiger partial charge in [0.25, 0.3) is 5.97 Å². The van der Waals surface area contributed by atoms with Crippen molar-refractivity contribution < 1.29 is 14.6 Å². The second kappa shape index (κ2) is 13.3. The molecule has 0 radical (unpaired) electrons. The van der Waals surface area contributed by atoms with Crippen LogP contribution in [0.15, 0.2) is 60.8 Å². The third-order valence-corrected chi connectivity index (χ3v) is 7.34. The molecule has 4 rings (SSSR count). The molecule has 0 saturated heterocycles. The van der Waals surface area contributed by atoms with Crippen LogP contribution < -0.4 is 20.3 Å². The number of nitrogens with one attached hydrogen (secondary N) is 2. The van der Waals surface area contributed by atoms with E-state index < -0.39 is 5.97 Å². The summed E-state index contributed by atoms with van der Waals surface area (Å²) in [6.07, 6.45) is 1.84. The number of carbonyl (C=O) groups is 1. The zero-order valence-electron chi connectivity index (χ0n) is 23.2. The molecule has 4 aromatic rings. The largest absolute Gasteiger partial charge is 0.496 e. The van der Waals surface area contributed by atoms with Crippen LogP contribution in [0.2, 0.25) is 0 Å². The van der Waals surface area contributed by atoms with Gasteiger partial charge in [-0.05, 0) is 63.1 Å². The molecule has 0 unspecified atom stereocenters. The predicted molar refractivity (Wildman–Crippen MR) is 161 cm³/mol. The Hall–Kier alpha value is -3.61. The van der Waals surface area contributed by atoms with Gasteiger partial charge in [-0.1, -0.05) is 26.1 Å². The van der Waals surface area contributed by atoms with Crippen molar-refractivity contribution in [2.45, 2.75) is 6.92 Å². The highest BCUT2D eigenvalue weighted by Crippen LogP contribution is 2.37. The van der Waals surface area contributed by atoms with E-state index in [1.807, 2.05) is 12.3 Å². The van der Waals surface area contributed by atoms with Crippen molar-refractivity contribution in [1.82, 2.24) is 14.9 Å². The Bertz CT molecular complexity index is 1370. The van der Waals surface area contributed by atoms with E-state index in [1.165, 1.54) is 5.30 Å². The lowest BCUT2D eigenvalue weighted by molar-refractivity contribution is -0.134. The molecule has 0 saturated carbocycles. The molecule has 9 heteroatoms. The molecule has 0 fully saturated rings. The molecule has 0 amide bonds. The minimum atomic E-state index is -0.833. The number of para-hydroxylation sites is 1. The summed E-state index contributed by atoms with van der Waals surface area (Å²) in [5, 5.41) is 13.5. The Morgan fingerprint density at radius 1 is 1.05 bits per heavy atom. The highest BCUT2D eigenvalue weighted by Gasteiger charge is 2.15. The van der Waals surface area contributed by atoms with Crippen LogP contribution in [0.5, 0.6) is 5.75 Å². The molecule has 38 heavy (non-hydrogen) atoms. The first kappa shape index (κ1) is 29.0. The maximum Gasteiger partial charge on any atom is 0.300 e. The summed E-state index contributed by atoms with van der Waals surface area (Å²) in [5.41, 5.74) is 6.17. The summed E-state index contributed by atoms with van der Waals surface area (Å²) in [6, 6.07) is 19.1. The number of hydrogen-bond donors (Lipinski definition) is 3. The molecule has 0 aliphatic heterocycles. The van der Waals surface area contributed by atoms with Gasteiger partial charge in [0.1, 0.15) is 11.4 Å². The fourth-order valence-electron chi connectivity index (χ4n) is 4.01. The third kappa shape index (κ3) is 7.46. The lowest BCUT2D eigenvalue weighted by Gasteiger charge is -2.22. The molecular weight excluding hydrogens is 497 g/mol. The standard InChI is InChI=1S/C27H34N5OP.C2H4O2/c1-31(2)15-16-32(3)19-11-12-20(25(17-19)33-4)24-18-21-22(13-14-28-27(21)30-24)29-23-9-7-8-10-26(23)34(5)6;1-2(3)4/h7-14,17-18H,15-16H2,1-6H3,(H2,28,29,30);1H3,(H,3,4). The van der Waals surface area contributed by atoms with Gasteiger partial charge < -0.3 is 29.9 Å². The van der Waals surface area contributed by atoms with Crippen LogP contribution >= 0.6 is 7.92 Å². The number of aliphatic carboxylic acids is 1. The lowest BCUT2D eigenvalue weighted by Crippen LogP contribution is -2.28. The summed E-state index contributed by atoms with van der Waals surface area (Å²) in [5.74, 6) is 0.00298. The molecule has 2 aromatic carbocycles. The van der Waals surface area contributed by atoms with Crippen molar-refractivity contribution >= 4 is 47.3 Å². The number of methoxy groups -OCH3 is 1. The van der Waals surface area contributed by atoms with Crippen LogP contribution in [0, 0.1) is 0 Å². The van der Waals surface area contributed by atoms with E-state index in [0.29, 0.717) is 0 Å². The molecule has 3 N–H and O–H groups in total. The number of H-pyrrole nitrogens is 1. The summed E-state index contributed by atoms with van der Waals surface area (Å²) >= 11 is 0. The van der Waals surface area contributed by atoms with Gasteiger partial charge in [-0.2, -0.15) is 0 Å². The number of aromatic nitrogens is 2. The van der Waals surface area contributed by atoms with Gasteiger partial charge in [-0.3, -0.25) is 4.79 Å². The van der Waals surface area contributed by atoms with Crippen LogP contribution in [0.4, 0.5) is 17.1 Å². The van der Waals surface area contributed by atoms with E-state index >= 15 is 0 Å². The number of carboxylic acid groups (broad SMARTS) is 1. The van der Waals surface area contributed by atoms with Gasteiger partial charge in [0.2, 0.25) is 0 Å². The molecule has 2 aromatic heterocycles. The van der Waals surface area contributed by atoms with Crippen molar-refractivity contribution in [3.05, 3.63) is 60.8 Å². The first-order chi connectivity index (χ1) is 18.1. The van der Waals surface area contributed by atoms with Gasteiger partial charge >= 0.3 is 0 Å². The second-order valence-corrected chi connectivity index (χ2v) is 11.7. The number of benzene rings is 2. The second-order valence-electron chi connectivity index (χ2n) is 9.47. The number of likely N-dealkylation sites (N-methyl/N-ethyl adjacent to an activating group) is 2. The predicted octanol–water partition coefficient (Wildman–Crippen LogP) is 5.44. The number of pyridine rings is 1. The monoisotopic (exact) mass is 535 g/mol. The van der Waals surface area contributed by atoms with Crippen molar-refractivity contribution in [2.24, 2.45) is 0 Å². The van der Waals surface area contributed by atoms with Crippen LogP contribution in [-0.2, 0) is 4.79 Å². The number of hydrogen-bond acceptors (Lipinski definition) is 6. The number of carboxylic acids is 1. The molecule has 0 spiro atoms. The van der Waals surface area contributed by atoms with Gasteiger partial charge in [-0.15, -0.1) is 0 Å². The highest BCUT2D eigenvalue weighted by molar-refractivity contribution is 7.64. The average Bonchev–Trinajstić information content (AvgIpc) is 3.32. The van der Waals surface area contributed by atoms with E-state index in [0.717, 1.165) is 65.1 Å². The molecular formula is C29H38N5O3P. The number of ether oxygens (including phenoxy) is 1. The summed E-state index contributed by atoms with van der Waals surface area (Å²) in [6.45, 7) is 7.58. The summed E-state index contributed by atoms with van der Waals surface area (Å²) in [4.78, 5) is 21.5. The first-order valence-corrected chi connectivity index (χ1v) is 14.6. The van der Waals surface area contributed by atoms with Crippen LogP contribution in [0.25, 0.3) is 22.3 Å². The molecule has 0 aliphatic carbocycles. The zero-order valence-corrected chi connectivity index (χ0v) is 24.1. The number of anilines is 3. The number of fused-ring (bicyclic) bond motifs is 1. The molecule has 0 aliphatic rings. The van der Waals surface area contributed by atoms with E-state index in [-0.39, 0.29) is 7.92 Å². The maximum absolute atomic E-state index is 9.00. The van der Waals surface area contributed by atoms with Gasteiger partial charge in [0, 0.05) is 61.6 Å². The number of rotatable bonds is 9. The Morgan fingerprint density at radius 3 is 2.42 bits per heavy atom. The van der Waals surface area contributed by atoms with Crippen molar-refractivity contribution in [1.29, 1.82) is 0 Å². The topological polar surface area (TPSA) is 93.7 Å². The molecule has 0 bridgehead atoms. The van der Waals surface area contributed by atoms with E-state index in [9.17, 15) is 0 Å². The summed E-state index contributed by atoms with van der Waals surface area (Å²) < 4.78 is 5.79. The molecule has 202 valence electrons. The molecule has 8 nitrogen and oxygen atoms in total.